The highest BCUT2D eigenvalue weighted by molar-refractivity contribution is 9.10. The largest absolute Gasteiger partial charge is 0.486 e. The standard InChI is InChI=1S/C18H17BrN2O5/c1-2-24-17(22)15-12(10-26-13-7-4-3-6-11(13)19)20-18(23)21-16(15)14-8-5-9-25-14/h3-9,16H,2,10H2,1H3,(H2,20,21,23). The molecule has 136 valence electrons. The normalized spacial score (nSPS) is 16.7. The van der Waals surface area contributed by atoms with Crippen LogP contribution in [0.2, 0.25) is 0 Å². The number of rotatable bonds is 6. The molecular formula is C18H17BrN2O5. The fourth-order valence-corrected chi connectivity index (χ4v) is 2.96. The number of amides is 2. The summed E-state index contributed by atoms with van der Waals surface area (Å²) in [5.74, 6) is 0.471. The number of hydrogen-bond acceptors (Lipinski definition) is 5. The Balaban J connectivity index is 1.94. The van der Waals surface area contributed by atoms with Gasteiger partial charge >= 0.3 is 12.0 Å². The van der Waals surface area contributed by atoms with Crippen molar-refractivity contribution >= 4 is 27.9 Å². The minimum absolute atomic E-state index is 0.0125. The average Bonchev–Trinajstić information content (AvgIpc) is 3.15. The molecule has 0 aliphatic carbocycles. The SMILES string of the molecule is CCOC(=O)C1=C(COc2ccccc2Br)NC(=O)NC1c1ccco1. The van der Waals surface area contributed by atoms with E-state index in [4.69, 9.17) is 13.9 Å². The maximum atomic E-state index is 12.5. The Morgan fingerprint density at radius 1 is 1.27 bits per heavy atom. The molecule has 26 heavy (non-hydrogen) atoms. The molecule has 8 heteroatoms. The van der Waals surface area contributed by atoms with E-state index in [0.717, 1.165) is 4.47 Å². The van der Waals surface area contributed by atoms with Gasteiger partial charge in [-0.15, -0.1) is 0 Å². The molecule has 2 heterocycles. The predicted octanol–water partition coefficient (Wildman–Crippen LogP) is 3.29. The molecule has 1 atom stereocenters. The number of para-hydroxylation sites is 1. The lowest BCUT2D eigenvalue weighted by atomic mass is 10.0. The molecular weight excluding hydrogens is 404 g/mol. The summed E-state index contributed by atoms with van der Waals surface area (Å²) < 4.78 is 17.1. The monoisotopic (exact) mass is 420 g/mol. The number of urea groups is 1. The Morgan fingerprint density at radius 2 is 2.08 bits per heavy atom. The summed E-state index contributed by atoms with van der Waals surface area (Å²) in [6.45, 7) is 1.91. The first kappa shape index (κ1) is 18.1. The lowest BCUT2D eigenvalue weighted by molar-refractivity contribution is -0.139. The van der Waals surface area contributed by atoms with Gasteiger partial charge in [-0.3, -0.25) is 0 Å². The molecule has 0 saturated carbocycles. The molecule has 0 saturated heterocycles. The van der Waals surface area contributed by atoms with Crippen molar-refractivity contribution in [1.82, 2.24) is 10.6 Å². The van der Waals surface area contributed by atoms with Crippen LogP contribution < -0.4 is 15.4 Å². The van der Waals surface area contributed by atoms with Crippen molar-refractivity contribution in [3.63, 3.8) is 0 Å². The first-order valence-electron chi connectivity index (χ1n) is 7.98. The van der Waals surface area contributed by atoms with Gasteiger partial charge in [-0.25, -0.2) is 9.59 Å². The van der Waals surface area contributed by atoms with E-state index in [2.05, 4.69) is 26.6 Å². The second-order valence-electron chi connectivity index (χ2n) is 5.38. The summed E-state index contributed by atoms with van der Waals surface area (Å²) in [7, 11) is 0. The van der Waals surface area contributed by atoms with Crippen molar-refractivity contribution in [3.8, 4) is 5.75 Å². The zero-order valence-corrected chi connectivity index (χ0v) is 15.5. The highest BCUT2D eigenvalue weighted by atomic mass is 79.9. The van der Waals surface area contributed by atoms with E-state index >= 15 is 0 Å². The number of halogens is 1. The summed E-state index contributed by atoms with van der Waals surface area (Å²) in [6.07, 6.45) is 1.48. The second kappa shape index (κ2) is 8.09. The van der Waals surface area contributed by atoms with Crippen molar-refractivity contribution in [2.45, 2.75) is 13.0 Å². The minimum atomic E-state index is -0.754. The Bertz CT molecular complexity index is 832. The number of hydrogen-bond donors (Lipinski definition) is 2. The van der Waals surface area contributed by atoms with Crippen LogP contribution in [0.25, 0.3) is 0 Å². The molecule has 2 N–H and O–H groups in total. The Labute approximate surface area is 158 Å². The van der Waals surface area contributed by atoms with Crippen LogP contribution in [0.5, 0.6) is 5.75 Å². The fourth-order valence-electron chi connectivity index (χ4n) is 2.56. The van der Waals surface area contributed by atoms with Crippen LogP contribution in [0, 0.1) is 0 Å². The Hall–Kier alpha value is -2.74. The molecule has 0 fully saturated rings. The third kappa shape index (κ3) is 3.91. The fraction of sp³-hybridized carbons (Fsp3) is 0.222. The van der Waals surface area contributed by atoms with Crippen molar-refractivity contribution < 1.29 is 23.5 Å². The van der Waals surface area contributed by atoms with Crippen molar-refractivity contribution in [2.24, 2.45) is 0 Å². The lowest BCUT2D eigenvalue weighted by Gasteiger charge is -2.27. The van der Waals surface area contributed by atoms with E-state index < -0.39 is 18.0 Å². The van der Waals surface area contributed by atoms with Crippen molar-refractivity contribution in [2.75, 3.05) is 13.2 Å². The van der Waals surface area contributed by atoms with Crippen LogP contribution in [0.1, 0.15) is 18.7 Å². The number of carbonyl (C=O) groups excluding carboxylic acids is 2. The van der Waals surface area contributed by atoms with Crippen LogP contribution in [0.3, 0.4) is 0 Å². The van der Waals surface area contributed by atoms with E-state index in [1.165, 1.54) is 6.26 Å². The van der Waals surface area contributed by atoms with Gasteiger partial charge in [-0.2, -0.15) is 0 Å². The summed E-state index contributed by atoms with van der Waals surface area (Å²) in [4.78, 5) is 24.6. The van der Waals surface area contributed by atoms with Gasteiger partial charge in [-0.05, 0) is 47.1 Å². The third-order valence-corrected chi connectivity index (χ3v) is 4.34. The van der Waals surface area contributed by atoms with Gasteiger partial charge < -0.3 is 24.5 Å². The molecule has 2 aromatic rings. The molecule has 1 unspecified atom stereocenters. The molecule has 0 radical (unpaired) electrons. The topological polar surface area (TPSA) is 89.8 Å². The lowest BCUT2D eigenvalue weighted by Crippen LogP contribution is -2.47. The van der Waals surface area contributed by atoms with Gasteiger partial charge in [0.15, 0.2) is 0 Å². The van der Waals surface area contributed by atoms with E-state index in [1.807, 2.05) is 18.2 Å². The van der Waals surface area contributed by atoms with Gasteiger partial charge in [0.2, 0.25) is 0 Å². The number of benzene rings is 1. The molecule has 2 amide bonds. The van der Waals surface area contributed by atoms with Crippen LogP contribution in [-0.4, -0.2) is 25.2 Å². The zero-order valence-electron chi connectivity index (χ0n) is 14.0. The third-order valence-electron chi connectivity index (χ3n) is 3.69. The number of nitrogens with one attached hydrogen (secondary N) is 2. The van der Waals surface area contributed by atoms with E-state index in [9.17, 15) is 9.59 Å². The minimum Gasteiger partial charge on any atom is -0.486 e. The van der Waals surface area contributed by atoms with Gasteiger partial charge in [0.05, 0.1) is 28.6 Å². The summed E-state index contributed by atoms with van der Waals surface area (Å²) in [5, 5.41) is 5.31. The number of carbonyl (C=O) groups is 2. The number of furan rings is 1. The maximum absolute atomic E-state index is 12.5. The first-order valence-corrected chi connectivity index (χ1v) is 8.78. The van der Waals surface area contributed by atoms with E-state index in [1.54, 1.807) is 25.1 Å². The van der Waals surface area contributed by atoms with Crippen LogP contribution in [0.4, 0.5) is 4.79 Å². The quantitative estimate of drug-likeness (QED) is 0.699. The second-order valence-corrected chi connectivity index (χ2v) is 6.23. The number of esters is 1. The summed E-state index contributed by atoms with van der Waals surface area (Å²) >= 11 is 3.40. The molecule has 7 nitrogen and oxygen atoms in total. The first-order chi connectivity index (χ1) is 12.6. The summed E-state index contributed by atoms with van der Waals surface area (Å²) in [5.41, 5.74) is 0.567. The summed E-state index contributed by atoms with van der Waals surface area (Å²) in [6, 6.07) is 9.46. The van der Waals surface area contributed by atoms with Crippen LogP contribution in [-0.2, 0) is 9.53 Å². The van der Waals surface area contributed by atoms with Crippen LogP contribution in [0.15, 0.2) is 62.8 Å². The van der Waals surface area contributed by atoms with Crippen molar-refractivity contribution in [3.05, 3.63) is 64.2 Å². The van der Waals surface area contributed by atoms with E-state index in [-0.39, 0.29) is 18.8 Å². The molecule has 1 aromatic heterocycles. The van der Waals surface area contributed by atoms with Crippen molar-refractivity contribution in [1.29, 1.82) is 0 Å². The number of ether oxygens (including phenoxy) is 2. The van der Waals surface area contributed by atoms with Crippen LogP contribution >= 0.6 is 15.9 Å². The van der Waals surface area contributed by atoms with Gasteiger partial charge in [0.25, 0.3) is 0 Å². The smallest absolute Gasteiger partial charge is 0.338 e. The highest BCUT2D eigenvalue weighted by Crippen LogP contribution is 2.29. The molecule has 1 aliphatic rings. The molecule has 1 aromatic carbocycles. The average molecular weight is 421 g/mol. The van der Waals surface area contributed by atoms with Gasteiger partial charge in [0, 0.05) is 0 Å². The predicted molar refractivity (Wildman–Crippen MR) is 96.4 cm³/mol. The highest BCUT2D eigenvalue weighted by Gasteiger charge is 2.35. The Morgan fingerprint density at radius 3 is 2.77 bits per heavy atom. The molecule has 1 aliphatic heterocycles. The van der Waals surface area contributed by atoms with E-state index in [0.29, 0.717) is 17.2 Å². The van der Waals surface area contributed by atoms with Gasteiger partial charge in [0.1, 0.15) is 24.2 Å². The molecule has 0 bridgehead atoms. The van der Waals surface area contributed by atoms with Gasteiger partial charge in [-0.1, -0.05) is 12.1 Å². The molecule has 0 spiro atoms. The molecule has 3 rings (SSSR count). The Kier molecular flexibility index (Phi) is 5.62. The zero-order chi connectivity index (χ0) is 18.5. The maximum Gasteiger partial charge on any atom is 0.338 e.